The molecule has 1 aromatic heterocycles. The summed E-state index contributed by atoms with van der Waals surface area (Å²) in [5.74, 6) is -0.460. The monoisotopic (exact) mass is 368 g/mol. The van der Waals surface area contributed by atoms with Crippen molar-refractivity contribution in [3.05, 3.63) is 23.3 Å². The van der Waals surface area contributed by atoms with Gasteiger partial charge in [0.25, 0.3) is 0 Å². The number of hydrogen-bond donors (Lipinski definition) is 1. The molecule has 2 fully saturated rings. The molecule has 0 saturated carbocycles. The summed E-state index contributed by atoms with van der Waals surface area (Å²) in [5.41, 5.74) is 0.728. The molecule has 2 aliphatic heterocycles. The molecule has 0 unspecified atom stereocenters. The van der Waals surface area contributed by atoms with Crippen molar-refractivity contribution in [1.29, 1.82) is 0 Å². The number of aromatic nitrogens is 2. The summed E-state index contributed by atoms with van der Waals surface area (Å²) in [4.78, 5) is 22.9. The molecular weight excluding hydrogens is 344 g/mol. The quantitative estimate of drug-likeness (QED) is 0.795. The van der Waals surface area contributed by atoms with E-state index in [1.165, 1.54) is 4.31 Å². The minimum atomic E-state index is -3.37. The van der Waals surface area contributed by atoms with Gasteiger partial charge in [0.1, 0.15) is 5.82 Å². The fourth-order valence-corrected chi connectivity index (χ4v) is 5.21. The Labute approximate surface area is 147 Å². The highest BCUT2D eigenvalue weighted by Crippen LogP contribution is 2.44. The van der Waals surface area contributed by atoms with Gasteiger partial charge in [-0.3, -0.25) is 9.69 Å². The molecule has 2 atom stereocenters. The van der Waals surface area contributed by atoms with Gasteiger partial charge in [0.2, 0.25) is 10.0 Å². The summed E-state index contributed by atoms with van der Waals surface area (Å²) in [6, 6.07) is 1.90. The minimum absolute atomic E-state index is 0.00442. The Kier molecular flexibility index (Phi) is 4.59. The van der Waals surface area contributed by atoms with E-state index in [0.717, 1.165) is 11.4 Å². The zero-order chi connectivity index (χ0) is 18.4. The number of aryl methyl sites for hydroxylation is 2. The van der Waals surface area contributed by atoms with Crippen LogP contribution in [0.1, 0.15) is 24.1 Å². The maximum Gasteiger partial charge on any atom is 0.312 e. The molecule has 0 radical (unpaired) electrons. The molecule has 0 aromatic carbocycles. The lowest BCUT2D eigenvalue weighted by molar-refractivity contribution is -0.148. The fourth-order valence-electron chi connectivity index (χ4n) is 4.01. The second-order valence-electron chi connectivity index (χ2n) is 7.09. The normalized spacial score (nSPS) is 27.6. The zero-order valence-corrected chi connectivity index (χ0v) is 15.6. The number of hydrogen-bond acceptors (Lipinski definition) is 6. The van der Waals surface area contributed by atoms with E-state index in [0.29, 0.717) is 25.5 Å². The zero-order valence-electron chi connectivity index (χ0n) is 14.8. The van der Waals surface area contributed by atoms with Gasteiger partial charge >= 0.3 is 5.97 Å². The van der Waals surface area contributed by atoms with Crippen LogP contribution in [0.3, 0.4) is 0 Å². The minimum Gasteiger partial charge on any atom is -0.481 e. The third-order valence-electron chi connectivity index (χ3n) is 5.23. The highest BCUT2D eigenvalue weighted by molar-refractivity contribution is 7.89. The van der Waals surface area contributed by atoms with E-state index in [9.17, 15) is 18.3 Å². The molecule has 3 rings (SSSR count). The number of carboxylic acid groups (broad SMARTS) is 1. The van der Waals surface area contributed by atoms with E-state index in [2.05, 4.69) is 9.97 Å². The van der Waals surface area contributed by atoms with Crippen molar-refractivity contribution in [3.8, 4) is 0 Å². The first kappa shape index (κ1) is 18.2. The predicted molar refractivity (Wildman–Crippen MR) is 91.4 cm³/mol. The van der Waals surface area contributed by atoms with Crippen LogP contribution in [-0.4, -0.2) is 70.6 Å². The molecule has 1 N–H and O–H groups in total. The van der Waals surface area contributed by atoms with Crippen molar-refractivity contribution in [2.75, 3.05) is 31.9 Å². The van der Waals surface area contributed by atoms with Crippen LogP contribution in [0.25, 0.3) is 0 Å². The van der Waals surface area contributed by atoms with Crippen molar-refractivity contribution >= 4 is 16.0 Å². The molecule has 2 aliphatic rings. The average Bonchev–Trinajstić information content (AvgIpc) is 3.01. The topological polar surface area (TPSA) is 104 Å². The number of sulfonamides is 1. The van der Waals surface area contributed by atoms with Crippen molar-refractivity contribution in [2.45, 2.75) is 27.3 Å². The van der Waals surface area contributed by atoms with E-state index in [4.69, 9.17) is 0 Å². The Morgan fingerprint density at radius 2 is 1.92 bits per heavy atom. The van der Waals surface area contributed by atoms with Crippen molar-refractivity contribution < 1.29 is 18.3 Å². The number of fused-ring (bicyclic) bond motifs is 1. The van der Waals surface area contributed by atoms with Gasteiger partial charge < -0.3 is 5.11 Å². The Morgan fingerprint density at radius 3 is 2.44 bits per heavy atom. The van der Waals surface area contributed by atoms with Crippen molar-refractivity contribution in [3.63, 3.8) is 0 Å². The first-order valence-corrected chi connectivity index (χ1v) is 10.0. The summed E-state index contributed by atoms with van der Waals surface area (Å²) >= 11 is 0. The molecule has 3 heterocycles. The van der Waals surface area contributed by atoms with Gasteiger partial charge in [-0.1, -0.05) is 0 Å². The number of rotatable bonds is 5. The molecule has 0 bridgehead atoms. The lowest BCUT2D eigenvalue weighted by Gasteiger charge is -2.24. The SMILES string of the molecule is CCS(=O)(=O)N1C[C@H]2CN(Cc3nc(C)cc(C)n3)C[C@@]2(C(=O)O)C1. The van der Waals surface area contributed by atoms with Crippen LogP contribution in [-0.2, 0) is 21.4 Å². The molecule has 8 nitrogen and oxygen atoms in total. The standard InChI is InChI=1S/C16H24N4O4S/c1-4-25(23,24)20-7-13-6-19(9-16(13,10-20)15(21)22)8-14-17-11(2)5-12(3)18-14/h5,13H,4,6-10H2,1-3H3,(H,21,22)/t13-,16-/m1/s1. The van der Waals surface area contributed by atoms with Gasteiger partial charge in [-0.2, -0.15) is 0 Å². The Morgan fingerprint density at radius 1 is 1.28 bits per heavy atom. The van der Waals surface area contributed by atoms with Gasteiger partial charge in [0.05, 0.1) is 17.7 Å². The van der Waals surface area contributed by atoms with Gasteiger partial charge in [-0.05, 0) is 26.8 Å². The summed E-state index contributed by atoms with van der Waals surface area (Å²) in [6.07, 6.45) is 0. The fraction of sp³-hybridized carbons (Fsp3) is 0.688. The summed E-state index contributed by atoms with van der Waals surface area (Å²) < 4.78 is 25.6. The third kappa shape index (κ3) is 3.28. The van der Waals surface area contributed by atoms with Crippen LogP contribution >= 0.6 is 0 Å². The first-order chi connectivity index (χ1) is 11.7. The average molecular weight is 368 g/mol. The first-order valence-electron chi connectivity index (χ1n) is 8.41. The maximum absolute atomic E-state index is 12.1. The van der Waals surface area contributed by atoms with Crippen LogP contribution < -0.4 is 0 Å². The Hall–Kier alpha value is -1.58. The molecule has 1 aromatic rings. The third-order valence-corrected chi connectivity index (χ3v) is 7.02. The molecule has 0 aliphatic carbocycles. The number of carbonyl (C=O) groups is 1. The van der Waals surface area contributed by atoms with E-state index in [1.807, 2.05) is 24.8 Å². The molecule has 0 spiro atoms. The van der Waals surface area contributed by atoms with Crippen LogP contribution in [0.15, 0.2) is 6.07 Å². The van der Waals surface area contributed by atoms with Crippen molar-refractivity contribution in [2.24, 2.45) is 11.3 Å². The second-order valence-corrected chi connectivity index (χ2v) is 9.35. The Bertz CT molecular complexity index is 777. The van der Waals surface area contributed by atoms with Gasteiger partial charge in [-0.25, -0.2) is 22.7 Å². The Balaban J connectivity index is 1.79. The van der Waals surface area contributed by atoms with Crippen LogP contribution in [0.5, 0.6) is 0 Å². The molecule has 2 saturated heterocycles. The van der Waals surface area contributed by atoms with Gasteiger partial charge in [0, 0.05) is 43.5 Å². The number of aliphatic carboxylic acids is 1. The molecule has 25 heavy (non-hydrogen) atoms. The van der Waals surface area contributed by atoms with E-state index in [1.54, 1.807) is 6.92 Å². The molecule has 0 amide bonds. The summed E-state index contributed by atoms with van der Waals surface area (Å²) in [7, 11) is -3.37. The molecule has 9 heteroatoms. The summed E-state index contributed by atoms with van der Waals surface area (Å²) in [5, 5.41) is 9.82. The molecule has 138 valence electrons. The lowest BCUT2D eigenvalue weighted by Crippen LogP contribution is -2.42. The van der Waals surface area contributed by atoms with Crippen LogP contribution in [0.4, 0.5) is 0 Å². The number of likely N-dealkylation sites (tertiary alicyclic amines) is 1. The van der Waals surface area contributed by atoms with Crippen LogP contribution in [0.2, 0.25) is 0 Å². The van der Waals surface area contributed by atoms with Gasteiger partial charge in [-0.15, -0.1) is 0 Å². The van der Waals surface area contributed by atoms with E-state index < -0.39 is 21.4 Å². The largest absolute Gasteiger partial charge is 0.481 e. The lowest BCUT2D eigenvalue weighted by atomic mass is 9.81. The smallest absolute Gasteiger partial charge is 0.312 e. The maximum atomic E-state index is 12.1. The predicted octanol–water partition coefficient (Wildman–Crippen LogP) is 0.262. The van der Waals surface area contributed by atoms with E-state index >= 15 is 0 Å². The summed E-state index contributed by atoms with van der Waals surface area (Å²) in [6.45, 7) is 7.05. The highest BCUT2D eigenvalue weighted by atomic mass is 32.2. The van der Waals surface area contributed by atoms with Crippen molar-refractivity contribution in [1.82, 2.24) is 19.2 Å². The molecular formula is C16H24N4O4S. The number of carboxylic acids is 1. The van der Waals surface area contributed by atoms with Crippen LogP contribution in [0, 0.1) is 25.2 Å². The van der Waals surface area contributed by atoms with E-state index in [-0.39, 0.29) is 24.8 Å². The van der Waals surface area contributed by atoms with Gasteiger partial charge in [0.15, 0.2) is 0 Å². The second kappa shape index (κ2) is 6.30. The number of nitrogens with zero attached hydrogens (tertiary/aromatic N) is 4. The highest BCUT2D eigenvalue weighted by Gasteiger charge is 2.59.